The maximum absolute atomic E-state index is 10.6. The van der Waals surface area contributed by atoms with Gasteiger partial charge in [-0.2, -0.15) is 4.98 Å². The number of hydrogen-bond donors (Lipinski definition) is 1. The predicted octanol–water partition coefficient (Wildman–Crippen LogP) is 4.25. The van der Waals surface area contributed by atoms with Gasteiger partial charge in [0.1, 0.15) is 17.0 Å². The maximum atomic E-state index is 10.6. The van der Waals surface area contributed by atoms with Crippen LogP contribution in [0.1, 0.15) is 0 Å². The molecule has 23 heavy (non-hydrogen) atoms. The summed E-state index contributed by atoms with van der Waals surface area (Å²) in [7, 11) is 0. The molecule has 1 aromatic heterocycles. The van der Waals surface area contributed by atoms with Gasteiger partial charge in [0.15, 0.2) is 5.58 Å². The summed E-state index contributed by atoms with van der Waals surface area (Å²) in [5, 5.41) is 9.24. The van der Waals surface area contributed by atoms with Gasteiger partial charge in [-0.25, -0.2) is 4.79 Å². The minimum Gasteiger partial charge on any atom is -0.475 e. The molecule has 1 heterocycles. The van der Waals surface area contributed by atoms with Gasteiger partial charge in [0.2, 0.25) is 5.76 Å². The normalized spacial score (nSPS) is 10.5. The van der Waals surface area contributed by atoms with Crippen LogP contribution in [0.15, 0.2) is 59.2 Å². The Kier molecular flexibility index (Phi) is 3.91. The molecule has 3 rings (SSSR count). The van der Waals surface area contributed by atoms with Crippen LogP contribution in [0.2, 0.25) is 5.02 Å². The summed E-state index contributed by atoms with van der Waals surface area (Å²) in [6.07, 6.45) is 0.0749. The molecule has 0 unspecified atom stereocenters. The van der Waals surface area contributed by atoms with Crippen LogP contribution in [0.5, 0.6) is 17.6 Å². The second-order valence-electron chi connectivity index (χ2n) is 4.50. The van der Waals surface area contributed by atoms with Gasteiger partial charge in [-0.1, -0.05) is 11.6 Å². The highest BCUT2D eigenvalue weighted by molar-refractivity contribution is 6.31. The Morgan fingerprint density at radius 1 is 1.17 bits per heavy atom. The smallest absolute Gasteiger partial charge is 0.400 e. The van der Waals surface area contributed by atoms with Crippen molar-refractivity contribution in [3.8, 4) is 17.6 Å². The summed E-state index contributed by atoms with van der Waals surface area (Å²) in [6, 6.07) is 11.3. The summed E-state index contributed by atoms with van der Waals surface area (Å²) in [6.45, 7) is 3.28. The minimum atomic E-state index is -1.23. The molecule has 0 atom stereocenters. The van der Waals surface area contributed by atoms with Crippen LogP contribution in [0, 0.1) is 0 Å². The van der Waals surface area contributed by atoms with Crippen LogP contribution in [0.25, 0.3) is 11.1 Å². The highest BCUT2D eigenvalue weighted by Gasteiger charge is 2.10. The Balaban J connectivity index is 1.74. The molecule has 1 N–H and O–H groups in total. The van der Waals surface area contributed by atoms with E-state index in [1.165, 1.54) is 0 Å². The quantitative estimate of drug-likeness (QED) is 0.556. The highest BCUT2D eigenvalue weighted by atomic mass is 35.5. The van der Waals surface area contributed by atoms with E-state index in [9.17, 15) is 4.79 Å². The van der Waals surface area contributed by atoms with Crippen molar-refractivity contribution < 1.29 is 23.8 Å². The Bertz CT molecular complexity index is 885. The number of oxazole rings is 1. The van der Waals surface area contributed by atoms with E-state index in [1.807, 2.05) is 0 Å². The first-order valence-electron chi connectivity index (χ1n) is 6.45. The van der Waals surface area contributed by atoms with Crippen molar-refractivity contribution in [2.75, 3.05) is 0 Å². The Morgan fingerprint density at radius 3 is 2.57 bits per heavy atom. The molecule has 0 aliphatic heterocycles. The molecule has 0 bridgehead atoms. The van der Waals surface area contributed by atoms with Crippen molar-refractivity contribution in [2.24, 2.45) is 0 Å². The Labute approximate surface area is 135 Å². The fourth-order valence-corrected chi connectivity index (χ4v) is 1.95. The third-order valence-corrected chi connectivity index (χ3v) is 3.07. The average molecular weight is 332 g/mol. The molecule has 116 valence electrons. The number of carboxylic acid groups (broad SMARTS) is 1. The van der Waals surface area contributed by atoms with Gasteiger partial charge in [0.05, 0.1) is 0 Å². The predicted molar refractivity (Wildman–Crippen MR) is 82.9 cm³/mol. The number of fused-ring (bicyclic) bond motifs is 1. The van der Waals surface area contributed by atoms with Gasteiger partial charge in [-0.15, -0.1) is 0 Å². The molecule has 0 saturated heterocycles. The molecule has 7 heteroatoms. The van der Waals surface area contributed by atoms with E-state index in [-0.39, 0.29) is 11.8 Å². The second kappa shape index (κ2) is 6.02. The van der Waals surface area contributed by atoms with Crippen molar-refractivity contribution in [3.63, 3.8) is 0 Å². The number of carbonyl (C=O) groups is 1. The molecule has 0 spiro atoms. The number of rotatable bonds is 5. The average Bonchev–Trinajstić information content (AvgIpc) is 2.90. The van der Waals surface area contributed by atoms with E-state index in [0.29, 0.717) is 27.6 Å². The number of benzene rings is 2. The lowest BCUT2D eigenvalue weighted by atomic mass is 10.3. The topological polar surface area (TPSA) is 81.8 Å². The number of aliphatic carboxylic acids is 1. The SMILES string of the molecule is C=C(Oc1ccc(Oc2nc3ccc(Cl)cc3o2)cc1)C(=O)O. The van der Waals surface area contributed by atoms with Gasteiger partial charge in [0.25, 0.3) is 0 Å². The molecule has 0 radical (unpaired) electrons. The van der Waals surface area contributed by atoms with Crippen molar-refractivity contribution >= 4 is 28.7 Å². The van der Waals surface area contributed by atoms with Gasteiger partial charge in [-0.3, -0.25) is 0 Å². The number of aromatic nitrogens is 1. The molecule has 6 nitrogen and oxygen atoms in total. The first-order valence-corrected chi connectivity index (χ1v) is 6.83. The van der Waals surface area contributed by atoms with Gasteiger partial charge < -0.3 is 19.0 Å². The molecular formula is C16H10ClNO5. The summed E-state index contributed by atoms with van der Waals surface area (Å²) in [5.74, 6) is -0.810. The van der Waals surface area contributed by atoms with E-state index in [1.54, 1.807) is 42.5 Å². The van der Waals surface area contributed by atoms with Crippen molar-refractivity contribution in [2.45, 2.75) is 0 Å². The zero-order chi connectivity index (χ0) is 16.4. The molecule has 0 fully saturated rings. The molecule has 0 saturated carbocycles. The molecule has 0 aliphatic carbocycles. The van der Waals surface area contributed by atoms with Gasteiger partial charge >= 0.3 is 12.0 Å². The van der Waals surface area contributed by atoms with E-state index < -0.39 is 5.97 Å². The lowest BCUT2D eigenvalue weighted by Gasteiger charge is -2.05. The minimum absolute atomic E-state index is 0.0749. The number of halogens is 1. The third-order valence-electron chi connectivity index (χ3n) is 2.84. The summed E-state index contributed by atoms with van der Waals surface area (Å²) < 4.78 is 16.0. The van der Waals surface area contributed by atoms with Crippen molar-refractivity contribution in [1.82, 2.24) is 4.98 Å². The van der Waals surface area contributed by atoms with Crippen molar-refractivity contribution in [3.05, 3.63) is 59.8 Å². The van der Waals surface area contributed by atoms with Crippen LogP contribution in [0.4, 0.5) is 0 Å². The monoisotopic (exact) mass is 331 g/mol. The zero-order valence-corrected chi connectivity index (χ0v) is 12.4. The summed E-state index contributed by atoms with van der Waals surface area (Å²) >= 11 is 5.88. The van der Waals surface area contributed by atoms with Crippen LogP contribution < -0.4 is 9.47 Å². The summed E-state index contributed by atoms with van der Waals surface area (Å²) in [4.78, 5) is 14.8. The molecular weight excluding hydrogens is 322 g/mol. The van der Waals surface area contributed by atoms with Crippen molar-refractivity contribution in [1.29, 1.82) is 0 Å². The first kappa shape index (κ1) is 14.9. The van der Waals surface area contributed by atoms with Crippen LogP contribution >= 0.6 is 11.6 Å². The number of ether oxygens (including phenoxy) is 2. The third kappa shape index (κ3) is 3.44. The van der Waals surface area contributed by atoms with Crippen LogP contribution in [0.3, 0.4) is 0 Å². The lowest BCUT2D eigenvalue weighted by molar-refractivity contribution is -0.135. The molecule has 0 aliphatic rings. The second-order valence-corrected chi connectivity index (χ2v) is 4.93. The first-order chi connectivity index (χ1) is 11.0. The van der Waals surface area contributed by atoms with Crippen LogP contribution in [-0.4, -0.2) is 16.1 Å². The van der Waals surface area contributed by atoms with E-state index >= 15 is 0 Å². The molecule has 0 amide bonds. The van der Waals surface area contributed by atoms with Gasteiger partial charge in [-0.05, 0) is 43.0 Å². The van der Waals surface area contributed by atoms with E-state index in [0.717, 1.165) is 0 Å². The lowest BCUT2D eigenvalue weighted by Crippen LogP contribution is -2.05. The van der Waals surface area contributed by atoms with Crippen LogP contribution in [-0.2, 0) is 4.79 Å². The van der Waals surface area contributed by atoms with E-state index in [4.69, 9.17) is 30.6 Å². The highest BCUT2D eigenvalue weighted by Crippen LogP contribution is 2.28. The fraction of sp³-hybridized carbons (Fsp3) is 0. The Morgan fingerprint density at radius 2 is 1.87 bits per heavy atom. The fourth-order valence-electron chi connectivity index (χ4n) is 1.78. The largest absolute Gasteiger partial charge is 0.475 e. The Hall–Kier alpha value is -2.99. The number of hydrogen-bond acceptors (Lipinski definition) is 5. The summed E-state index contributed by atoms with van der Waals surface area (Å²) in [5.41, 5.74) is 1.15. The molecule has 2 aromatic carbocycles. The zero-order valence-electron chi connectivity index (χ0n) is 11.7. The number of nitrogens with zero attached hydrogens (tertiary/aromatic N) is 1. The van der Waals surface area contributed by atoms with E-state index in [2.05, 4.69) is 11.6 Å². The number of carboxylic acids is 1. The standard InChI is InChI=1S/C16H10ClNO5/c1-9(15(19)20)21-11-3-5-12(6-4-11)22-16-18-13-7-2-10(17)8-14(13)23-16/h2-8H,1H2,(H,19,20). The maximum Gasteiger partial charge on any atom is 0.400 e. The van der Waals surface area contributed by atoms with Gasteiger partial charge in [0, 0.05) is 11.1 Å². The molecule has 3 aromatic rings.